The molecule has 1 aliphatic rings. The highest BCUT2D eigenvalue weighted by Gasteiger charge is 2.26. The molecule has 1 heterocycles. The molecule has 1 saturated heterocycles. The third-order valence-corrected chi connectivity index (χ3v) is 2.23. The fraction of sp³-hybridized carbons (Fsp3) is 0.875. The number of nitrogens with zero attached hydrogens (tertiary/aromatic N) is 1. The summed E-state index contributed by atoms with van der Waals surface area (Å²) in [4.78, 5) is 13.0. The lowest BCUT2D eigenvalue weighted by molar-refractivity contribution is -0.131. The highest BCUT2D eigenvalue weighted by atomic mass is 16.3. The zero-order valence-electron chi connectivity index (χ0n) is 7.36. The van der Waals surface area contributed by atoms with Crippen LogP contribution in [0.3, 0.4) is 0 Å². The zero-order valence-corrected chi connectivity index (χ0v) is 7.36. The van der Waals surface area contributed by atoms with E-state index < -0.39 is 6.04 Å². The predicted octanol–water partition coefficient (Wildman–Crippen LogP) is -0.683. The van der Waals surface area contributed by atoms with E-state index in [1.807, 2.05) is 6.92 Å². The Morgan fingerprint density at radius 3 is 2.92 bits per heavy atom. The van der Waals surface area contributed by atoms with Crippen molar-refractivity contribution in [2.45, 2.75) is 31.9 Å². The Balaban J connectivity index is 2.43. The Morgan fingerprint density at radius 1 is 1.83 bits per heavy atom. The first-order valence-electron chi connectivity index (χ1n) is 4.37. The highest BCUT2D eigenvalue weighted by Crippen LogP contribution is 2.10. The quantitative estimate of drug-likeness (QED) is 0.580. The van der Waals surface area contributed by atoms with Crippen LogP contribution < -0.4 is 5.73 Å². The average molecular weight is 172 g/mol. The number of likely N-dealkylation sites (tertiary alicyclic amines) is 1. The summed E-state index contributed by atoms with van der Waals surface area (Å²) in [5.41, 5.74) is 5.57. The van der Waals surface area contributed by atoms with Gasteiger partial charge in [-0.15, -0.1) is 0 Å². The lowest BCUT2D eigenvalue weighted by Crippen LogP contribution is -2.42. The van der Waals surface area contributed by atoms with Crippen molar-refractivity contribution >= 4 is 5.91 Å². The fourth-order valence-corrected chi connectivity index (χ4v) is 1.35. The summed E-state index contributed by atoms with van der Waals surface area (Å²) in [5, 5.41) is 9.17. The van der Waals surface area contributed by atoms with Crippen molar-refractivity contribution in [1.29, 1.82) is 0 Å². The smallest absolute Gasteiger partial charge is 0.239 e. The number of hydrogen-bond donors (Lipinski definition) is 2. The van der Waals surface area contributed by atoms with E-state index in [2.05, 4.69) is 0 Å². The molecular weight excluding hydrogens is 156 g/mol. The fourth-order valence-electron chi connectivity index (χ4n) is 1.35. The van der Waals surface area contributed by atoms with Crippen molar-refractivity contribution < 1.29 is 9.90 Å². The molecule has 70 valence electrons. The van der Waals surface area contributed by atoms with E-state index in [4.69, 9.17) is 10.8 Å². The van der Waals surface area contributed by atoms with Crippen LogP contribution >= 0.6 is 0 Å². The van der Waals surface area contributed by atoms with Gasteiger partial charge in [-0.1, -0.05) is 6.92 Å². The molecule has 2 atom stereocenters. The Labute approximate surface area is 72.3 Å². The van der Waals surface area contributed by atoms with E-state index in [-0.39, 0.29) is 12.0 Å². The Hall–Kier alpha value is -0.610. The first kappa shape index (κ1) is 9.48. The van der Waals surface area contributed by atoms with Crippen molar-refractivity contribution in [3.8, 4) is 0 Å². The minimum Gasteiger partial charge on any atom is -0.391 e. The van der Waals surface area contributed by atoms with Crippen LogP contribution in [0.15, 0.2) is 0 Å². The molecule has 1 aliphatic heterocycles. The molecule has 0 radical (unpaired) electrons. The first-order valence-corrected chi connectivity index (χ1v) is 4.37. The SMILES string of the molecule is CCC(N)C(=O)N1CC[C@@H](O)C1. The molecule has 4 nitrogen and oxygen atoms in total. The summed E-state index contributed by atoms with van der Waals surface area (Å²) in [6.45, 7) is 2.98. The van der Waals surface area contributed by atoms with Crippen LogP contribution in [0.2, 0.25) is 0 Å². The normalized spacial score (nSPS) is 25.9. The third kappa shape index (κ3) is 1.95. The molecule has 0 bridgehead atoms. The van der Waals surface area contributed by atoms with Gasteiger partial charge < -0.3 is 15.7 Å². The summed E-state index contributed by atoms with van der Waals surface area (Å²) in [7, 11) is 0. The zero-order chi connectivity index (χ0) is 9.14. The second kappa shape index (κ2) is 3.87. The lowest BCUT2D eigenvalue weighted by atomic mass is 10.2. The highest BCUT2D eigenvalue weighted by molar-refractivity contribution is 5.81. The molecule has 0 aromatic heterocycles. The molecule has 3 N–H and O–H groups in total. The van der Waals surface area contributed by atoms with Crippen LogP contribution in [-0.2, 0) is 4.79 Å². The van der Waals surface area contributed by atoms with Gasteiger partial charge in [-0.25, -0.2) is 0 Å². The molecule has 0 saturated carbocycles. The number of aliphatic hydroxyl groups excluding tert-OH is 1. The standard InChI is InChI=1S/C8H16N2O2/c1-2-7(9)8(12)10-4-3-6(11)5-10/h6-7,11H,2-5,9H2,1H3/t6-,7?/m1/s1. The summed E-state index contributed by atoms with van der Waals surface area (Å²) in [6, 6.07) is -0.393. The van der Waals surface area contributed by atoms with Crippen LogP contribution in [0.5, 0.6) is 0 Å². The number of carbonyl (C=O) groups is 1. The number of hydrogen-bond acceptors (Lipinski definition) is 3. The number of rotatable bonds is 2. The van der Waals surface area contributed by atoms with E-state index in [9.17, 15) is 4.79 Å². The maximum atomic E-state index is 11.4. The Kier molecular flexibility index (Phi) is 3.05. The molecule has 1 amide bonds. The third-order valence-electron chi connectivity index (χ3n) is 2.23. The maximum absolute atomic E-state index is 11.4. The molecule has 0 aromatic carbocycles. The molecule has 1 unspecified atom stereocenters. The van der Waals surface area contributed by atoms with Crippen LogP contribution in [0.25, 0.3) is 0 Å². The van der Waals surface area contributed by atoms with E-state index >= 15 is 0 Å². The van der Waals surface area contributed by atoms with Gasteiger partial charge in [0.2, 0.25) is 5.91 Å². The van der Waals surface area contributed by atoms with Gasteiger partial charge in [0.15, 0.2) is 0 Å². The van der Waals surface area contributed by atoms with E-state index in [1.165, 1.54) is 0 Å². The molecule has 0 spiro atoms. The van der Waals surface area contributed by atoms with Crippen molar-refractivity contribution in [1.82, 2.24) is 4.90 Å². The number of amides is 1. The summed E-state index contributed by atoms with van der Waals surface area (Å²) < 4.78 is 0. The monoisotopic (exact) mass is 172 g/mol. The minimum atomic E-state index is -0.393. The van der Waals surface area contributed by atoms with Crippen LogP contribution in [0, 0.1) is 0 Å². The summed E-state index contributed by atoms with van der Waals surface area (Å²) >= 11 is 0. The van der Waals surface area contributed by atoms with Crippen molar-refractivity contribution in [2.24, 2.45) is 5.73 Å². The second-order valence-corrected chi connectivity index (χ2v) is 3.24. The lowest BCUT2D eigenvalue weighted by Gasteiger charge is -2.18. The van der Waals surface area contributed by atoms with Gasteiger partial charge in [0.05, 0.1) is 12.1 Å². The van der Waals surface area contributed by atoms with Crippen LogP contribution in [-0.4, -0.2) is 41.1 Å². The first-order chi connectivity index (χ1) is 5.65. The van der Waals surface area contributed by atoms with Gasteiger partial charge >= 0.3 is 0 Å². The van der Waals surface area contributed by atoms with Gasteiger partial charge in [0, 0.05) is 13.1 Å². The van der Waals surface area contributed by atoms with Gasteiger partial charge in [-0.2, -0.15) is 0 Å². The topological polar surface area (TPSA) is 66.6 Å². The van der Waals surface area contributed by atoms with Gasteiger partial charge in [-0.05, 0) is 12.8 Å². The van der Waals surface area contributed by atoms with Gasteiger partial charge in [0.25, 0.3) is 0 Å². The molecular formula is C8H16N2O2. The molecule has 12 heavy (non-hydrogen) atoms. The molecule has 0 aliphatic carbocycles. The number of nitrogens with two attached hydrogens (primary N) is 1. The van der Waals surface area contributed by atoms with Crippen molar-refractivity contribution in [3.63, 3.8) is 0 Å². The van der Waals surface area contributed by atoms with Gasteiger partial charge in [-0.3, -0.25) is 4.79 Å². The molecule has 0 aromatic rings. The number of carbonyl (C=O) groups excluding carboxylic acids is 1. The molecule has 4 heteroatoms. The van der Waals surface area contributed by atoms with E-state index in [1.54, 1.807) is 4.90 Å². The molecule has 1 rings (SSSR count). The van der Waals surface area contributed by atoms with Crippen molar-refractivity contribution in [2.75, 3.05) is 13.1 Å². The van der Waals surface area contributed by atoms with E-state index in [0.29, 0.717) is 25.9 Å². The average Bonchev–Trinajstić information content (AvgIpc) is 2.49. The Morgan fingerprint density at radius 2 is 2.50 bits per heavy atom. The summed E-state index contributed by atoms with van der Waals surface area (Å²) in [5.74, 6) is -0.0333. The van der Waals surface area contributed by atoms with E-state index in [0.717, 1.165) is 0 Å². The largest absolute Gasteiger partial charge is 0.391 e. The Bertz CT molecular complexity index is 172. The summed E-state index contributed by atoms with van der Waals surface area (Å²) in [6.07, 6.45) is 0.992. The predicted molar refractivity (Wildman–Crippen MR) is 45.5 cm³/mol. The maximum Gasteiger partial charge on any atom is 0.239 e. The van der Waals surface area contributed by atoms with Crippen LogP contribution in [0.1, 0.15) is 19.8 Å². The minimum absolute atomic E-state index is 0.0333. The van der Waals surface area contributed by atoms with Gasteiger partial charge in [0.1, 0.15) is 0 Å². The van der Waals surface area contributed by atoms with Crippen LogP contribution in [0.4, 0.5) is 0 Å². The molecule has 1 fully saturated rings. The van der Waals surface area contributed by atoms with Crippen molar-refractivity contribution in [3.05, 3.63) is 0 Å². The number of aliphatic hydroxyl groups is 1. The second-order valence-electron chi connectivity index (χ2n) is 3.24. The number of β-amino-alcohol motifs (C(OH)–C–C–N with tert-alkyl or cyclic N) is 1.